The molecule has 2 aromatic rings. The molecule has 0 saturated heterocycles. The van der Waals surface area contributed by atoms with E-state index in [1.54, 1.807) is 16.8 Å². The molecule has 0 aromatic carbocycles. The van der Waals surface area contributed by atoms with Gasteiger partial charge in [0, 0.05) is 19.3 Å². The lowest BCUT2D eigenvalue weighted by Gasteiger charge is -2.11. The van der Waals surface area contributed by atoms with E-state index in [1.165, 1.54) is 11.8 Å². The van der Waals surface area contributed by atoms with E-state index in [1.807, 2.05) is 14.0 Å². The molecule has 0 saturated carbocycles. The van der Waals surface area contributed by atoms with Gasteiger partial charge in [0.1, 0.15) is 17.4 Å². The molecule has 0 aliphatic rings. The Morgan fingerprint density at radius 2 is 2.15 bits per heavy atom. The monoisotopic (exact) mass is 401 g/mol. The quantitative estimate of drug-likeness (QED) is 0.412. The average molecular weight is 402 g/mol. The highest BCUT2D eigenvalue weighted by Crippen LogP contribution is 2.24. The number of rotatable bonds is 7. The zero-order chi connectivity index (χ0) is 19.1. The maximum Gasteiger partial charge on any atom is 0.327 e. The summed E-state index contributed by atoms with van der Waals surface area (Å²) in [5, 5.41) is 15.2. The van der Waals surface area contributed by atoms with Gasteiger partial charge in [0.15, 0.2) is 5.96 Å². The topological polar surface area (TPSA) is 98.4 Å². The lowest BCUT2D eigenvalue weighted by Crippen LogP contribution is -2.37. The predicted octanol–water partition coefficient (Wildman–Crippen LogP) is 1.35. The molecule has 0 bridgehead atoms. The van der Waals surface area contributed by atoms with E-state index in [9.17, 15) is 4.79 Å². The second-order valence-corrected chi connectivity index (χ2v) is 6.13. The summed E-state index contributed by atoms with van der Waals surface area (Å²) in [6.45, 7) is 3.51. The van der Waals surface area contributed by atoms with Crippen molar-refractivity contribution in [1.82, 2.24) is 30.2 Å². The number of esters is 1. The van der Waals surface area contributed by atoms with Crippen LogP contribution in [0.4, 0.5) is 0 Å². The van der Waals surface area contributed by atoms with E-state index >= 15 is 0 Å². The van der Waals surface area contributed by atoms with Crippen molar-refractivity contribution in [3.8, 4) is 0 Å². The van der Waals surface area contributed by atoms with Crippen molar-refractivity contribution in [2.45, 2.75) is 26.6 Å². The van der Waals surface area contributed by atoms with Crippen molar-refractivity contribution in [1.29, 1.82) is 0 Å². The summed E-state index contributed by atoms with van der Waals surface area (Å²) in [6, 6.07) is 1.80. The summed E-state index contributed by atoms with van der Waals surface area (Å²) in [6.07, 6.45) is 1.65. The van der Waals surface area contributed by atoms with E-state index in [2.05, 4.69) is 30.7 Å². The summed E-state index contributed by atoms with van der Waals surface area (Å²) in [4.78, 5) is 15.7. The first kappa shape index (κ1) is 20.1. The van der Waals surface area contributed by atoms with Gasteiger partial charge >= 0.3 is 5.97 Å². The molecule has 142 valence electrons. The van der Waals surface area contributed by atoms with Crippen molar-refractivity contribution in [3.05, 3.63) is 33.8 Å². The Morgan fingerprint density at radius 3 is 2.77 bits per heavy atom. The molecule has 2 N–H and O–H groups in total. The Morgan fingerprint density at radius 1 is 1.38 bits per heavy atom. The Bertz CT molecular complexity index is 785. The van der Waals surface area contributed by atoms with E-state index in [-0.39, 0.29) is 12.5 Å². The number of aliphatic imine (C=N–C) groups is 1. The SMILES string of the molecule is CCNC(=NCc1cn(CC(=O)OC)nn1)NCc1cc(Cl)c(Cl)n1C. The summed E-state index contributed by atoms with van der Waals surface area (Å²) >= 11 is 12.1. The minimum Gasteiger partial charge on any atom is -0.468 e. The lowest BCUT2D eigenvalue weighted by atomic mass is 10.4. The fourth-order valence-electron chi connectivity index (χ4n) is 2.12. The Hall–Kier alpha value is -2.26. The third-order valence-electron chi connectivity index (χ3n) is 3.50. The van der Waals surface area contributed by atoms with Crippen LogP contribution in [0.25, 0.3) is 0 Å². The number of nitrogens with zero attached hydrogens (tertiary/aromatic N) is 5. The van der Waals surface area contributed by atoms with E-state index in [0.29, 0.717) is 41.5 Å². The molecule has 2 rings (SSSR count). The second kappa shape index (κ2) is 9.44. The van der Waals surface area contributed by atoms with Crippen LogP contribution in [-0.2, 0) is 36.2 Å². The van der Waals surface area contributed by atoms with Crippen molar-refractivity contribution in [2.24, 2.45) is 12.0 Å². The van der Waals surface area contributed by atoms with Crippen LogP contribution in [0.3, 0.4) is 0 Å². The highest BCUT2D eigenvalue weighted by atomic mass is 35.5. The molecule has 0 aliphatic heterocycles. The van der Waals surface area contributed by atoms with Crippen LogP contribution in [0.5, 0.6) is 0 Å². The highest BCUT2D eigenvalue weighted by molar-refractivity contribution is 6.41. The molecular formula is C15H21Cl2N7O2. The number of carbonyl (C=O) groups is 1. The number of nitrogens with one attached hydrogen (secondary N) is 2. The third-order valence-corrected chi connectivity index (χ3v) is 4.34. The van der Waals surface area contributed by atoms with Gasteiger partial charge in [-0.1, -0.05) is 28.4 Å². The lowest BCUT2D eigenvalue weighted by molar-refractivity contribution is -0.141. The molecule has 26 heavy (non-hydrogen) atoms. The van der Waals surface area contributed by atoms with Crippen LogP contribution in [0.2, 0.25) is 10.2 Å². The van der Waals surface area contributed by atoms with Crippen LogP contribution < -0.4 is 10.6 Å². The maximum absolute atomic E-state index is 11.2. The summed E-state index contributed by atoms with van der Waals surface area (Å²) in [5.41, 5.74) is 1.56. The molecule has 2 heterocycles. The minimum atomic E-state index is -0.389. The zero-order valence-electron chi connectivity index (χ0n) is 14.8. The van der Waals surface area contributed by atoms with Gasteiger partial charge in [-0.2, -0.15) is 0 Å². The number of methoxy groups -OCH3 is 1. The maximum atomic E-state index is 11.2. The van der Waals surface area contributed by atoms with Crippen molar-refractivity contribution >= 4 is 35.1 Å². The Labute approximate surface area is 161 Å². The van der Waals surface area contributed by atoms with Crippen LogP contribution >= 0.6 is 23.2 Å². The first-order chi connectivity index (χ1) is 12.4. The molecule has 2 aromatic heterocycles. The van der Waals surface area contributed by atoms with Gasteiger partial charge < -0.3 is 19.9 Å². The van der Waals surface area contributed by atoms with Crippen LogP contribution in [0.1, 0.15) is 18.3 Å². The molecule has 11 heteroatoms. The summed E-state index contributed by atoms with van der Waals surface area (Å²) in [7, 11) is 3.17. The fourth-order valence-corrected chi connectivity index (χ4v) is 2.54. The number of ether oxygens (including phenoxy) is 1. The normalized spacial score (nSPS) is 11.5. The van der Waals surface area contributed by atoms with Crippen molar-refractivity contribution < 1.29 is 9.53 Å². The number of carbonyl (C=O) groups excluding carboxylic acids is 1. The standard InChI is InChI=1S/C15H21Cl2N7O2/c1-4-18-15(20-7-11-5-12(16)14(17)23(11)2)19-6-10-8-24(22-21-10)9-13(25)26-3/h5,8H,4,6-7,9H2,1-3H3,(H2,18,19,20). The molecule has 0 radical (unpaired) electrons. The van der Waals surface area contributed by atoms with E-state index in [4.69, 9.17) is 23.2 Å². The molecule has 0 unspecified atom stereocenters. The van der Waals surface area contributed by atoms with Gasteiger partial charge in [-0.25, -0.2) is 9.67 Å². The molecule has 0 atom stereocenters. The van der Waals surface area contributed by atoms with Gasteiger partial charge in [0.05, 0.1) is 31.4 Å². The van der Waals surface area contributed by atoms with Gasteiger partial charge in [0.25, 0.3) is 0 Å². The molecule has 0 amide bonds. The molecule has 0 fully saturated rings. The summed E-state index contributed by atoms with van der Waals surface area (Å²) in [5.74, 6) is 0.225. The second-order valence-electron chi connectivity index (χ2n) is 5.37. The zero-order valence-corrected chi connectivity index (χ0v) is 16.3. The minimum absolute atomic E-state index is 0.0144. The van der Waals surface area contributed by atoms with Crippen LogP contribution in [0.15, 0.2) is 17.3 Å². The Kier molecular flexibility index (Phi) is 7.28. The first-order valence-electron chi connectivity index (χ1n) is 7.92. The molecule has 9 nitrogen and oxygen atoms in total. The summed E-state index contributed by atoms with van der Waals surface area (Å²) < 4.78 is 7.80. The first-order valence-corrected chi connectivity index (χ1v) is 8.67. The number of hydrogen-bond acceptors (Lipinski definition) is 5. The van der Waals surface area contributed by atoms with Gasteiger partial charge in [-0.3, -0.25) is 4.79 Å². The number of guanidine groups is 1. The van der Waals surface area contributed by atoms with E-state index < -0.39 is 0 Å². The number of halogens is 2. The highest BCUT2D eigenvalue weighted by Gasteiger charge is 2.10. The van der Waals surface area contributed by atoms with Crippen LogP contribution in [-0.4, -0.2) is 45.1 Å². The molecule has 0 aliphatic carbocycles. The average Bonchev–Trinajstić information content (AvgIpc) is 3.17. The van der Waals surface area contributed by atoms with Crippen molar-refractivity contribution in [3.63, 3.8) is 0 Å². The van der Waals surface area contributed by atoms with Gasteiger partial charge in [-0.15, -0.1) is 5.10 Å². The number of aromatic nitrogens is 4. The molecular weight excluding hydrogens is 381 g/mol. The van der Waals surface area contributed by atoms with Gasteiger partial charge in [-0.05, 0) is 13.0 Å². The number of hydrogen-bond donors (Lipinski definition) is 2. The van der Waals surface area contributed by atoms with E-state index in [0.717, 1.165) is 5.69 Å². The fraction of sp³-hybridized carbons (Fsp3) is 0.467. The van der Waals surface area contributed by atoms with Crippen LogP contribution in [0, 0.1) is 0 Å². The van der Waals surface area contributed by atoms with Crippen molar-refractivity contribution in [2.75, 3.05) is 13.7 Å². The third kappa shape index (κ3) is 5.37. The largest absolute Gasteiger partial charge is 0.468 e. The smallest absolute Gasteiger partial charge is 0.327 e. The predicted molar refractivity (Wildman–Crippen MR) is 99.1 cm³/mol. The molecule has 0 spiro atoms. The Balaban J connectivity index is 1.97. The van der Waals surface area contributed by atoms with Gasteiger partial charge in [0.2, 0.25) is 0 Å².